The summed E-state index contributed by atoms with van der Waals surface area (Å²) in [6.07, 6.45) is 3.85. The highest BCUT2D eigenvalue weighted by Crippen LogP contribution is 2.28. The maximum atomic E-state index is 13.0. The van der Waals surface area contributed by atoms with Gasteiger partial charge in [0.1, 0.15) is 12.4 Å². The Labute approximate surface area is 161 Å². The molecule has 8 heteroatoms. The van der Waals surface area contributed by atoms with Gasteiger partial charge >= 0.3 is 0 Å². The Morgan fingerprint density at radius 3 is 2.56 bits per heavy atom. The third kappa shape index (κ3) is 5.32. The number of halogens is 1. The Morgan fingerprint density at radius 1 is 1.22 bits per heavy atom. The second-order valence-corrected chi connectivity index (χ2v) is 7.65. The van der Waals surface area contributed by atoms with E-state index in [0.29, 0.717) is 12.5 Å². The van der Waals surface area contributed by atoms with Crippen molar-refractivity contribution in [1.29, 1.82) is 0 Å². The highest BCUT2D eigenvalue weighted by atomic mass is 32.1. The van der Waals surface area contributed by atoms with E-state index in [0.717, 1.165) is 42.8 Å². The molecule has 1 fully saturated rings. The summed E-state index contributed by atoms with van der Waals surface area (Å²) in [4.78, 5) is 26.9. The van der Waals surface area contributed by atoms with Gasteiger partial charge in [-0.3, -0.25) is 9.59 Å². The Balaban J connectivity index is 1.64. The van der Waals surface area contributed by atoms with Gasteiger partial charge in [-0.05, 0) is 60.8 Å². The van der Waals surface area contributed by atoms with Crippen molar-refractivity contribution in [3.63, 3.8) is 0 Å². The molecular formula is C19H23FN4O2S. The summed E-state index contributed by atoms with van der Waals surface area (Å²) in [7, 11) is 0. The minimum atomic E-state index is -0.315. The van der Waals surface area contributed by atoms with Crippen LogP contribution in [0.2, 0.25) is 0 Å². The number of carbonyl (C=O) groups excluding carboxylic acids is 2. The molecule has 0 saturated heterocycles. The van der Waals surface area contributed by atoms with E-state index in [4.69, 9.17) is 0 Å². The van der Waals surface area contributed by atoms with Crippen LogP contribution in [0.3, 0.4) is 0 Å². The van der Waals surface area contributed by atoms with Crippen LogP contribution >= 0.6 is 11.5 Å². The molecule has 2 aromatic rings. The van der Waals surface area contributed by atoms with E-state index in [1.54, 1.807) is 22.4 Å². The second kappa shape index (κ2) is 9.03. The van der Waals surface area contributed by atoms with E-state index in [2.05, 4.69) is 21.8 Å². The van der Waals surface area contributed by atoms with Gasteiger partial charge in [-0.1, -0.05) is 23.5 Å². The molecule has 1 aromatic heterocycles. The number of rotatable bonds is 6. The fourth-order valence-electron chi connectivity index (χ4n) is 3.34. The molecule has 1 saturated carbocycles. The number of nitrogens with one attached hydrogen (secondary N) is 1. The lowest BCUT2D eigenvalue weighted by molar-refractivity contribution is -0.122. The van der Waals surface area contributed by atoms with Crippen LogP contribution in [-0.4, -0.2) is 38.9 Å². The molecule has 0 unspecified atom stereocenters. The largest absolute Gasteiger partial charge is 0.350 e. The van der Waals surface area contributed by atoms with E-state index < -0.39 is 0 Å². The summed E-state index contributed by atoms with van der Waals surface area (Å²) in [5, 5.41) is 8.28. The molecule has 0 spiro atoms. The van der Waals surface area contributed by atoms with Crippen LogP contribution in [0.25, 0.3) is 0 Å². The third-order valence-electron chi connectivity index (χ3n) is 4.98. The topological polar surface area (TPSA) is 75.2 Å². The van der Waals surface area contributed by atoms with Crippen LogP contribution in [0.15, 0.2) is 29.6 Å². The normalized spacial score (nSPS) is 19.5. The van der Waals surface area contributed by atoms with Crippen molar-refractivity contribution in [3.05, 3.63) is 46.7 Å². The lowest BCUT2D eigenvalue weighted by Gasteiger charge is -2.35. The molecule has 1 aliphatic carbocycles. The number of amides is 2. The first-order valence-corrected chi connectivity index (χ1v) is 9.95. The average molecular weight is 390 g/mol. The molecule has 6 nitrogen and oxygen atoms in total. The van der Waals surface area contributed by atoms with Gasteiger partial charge in [0.15, 0.2) is 5.69 Å². The number of hydrogen-bond donors (Lipinski definition) is 1. The van der Waals surface area contributed by atoms with Crippen LogP contribution in [0.4, 0.5) is 4.39 Å². The Kier molecular flexibility index (Phi) is 6.49. The molecule has 3 rings (SSSR count). The zero-order valence-corrected chi connectivity index (χ0v) is 16.0. The summed E-state index contributed by atoms with van der Waals surface area (Å²) in [6.45, 7) is 2.49. The first-order valence-electron chi connectivity index (χ1n) is 9.12. The lowest BCUT2D eigenvalue weighted by atomic mass is 9.86. The zero-order chi connectivity index (χ0) is 19.2. The number of carbonyl (C=O) groups is 2. The molecular weight excluding hydrogens is 367 g/mol. The van der Waals surface area contributed by atoms with Crippen molar-refractivity contribution >= 4 is 23.3 Å². The van der Waals surface area contributed by atoms with Gasteiger partial charge in [0.2, 0.25) is 5.91 Å². The minimum Gasteiger partial charge on any atom is -0.350 e. The minimum absolute atomic E-state index is 0.0173. The van der Waals surface area contributed by atoms with Crippen molar-refractivity contribution in [3.8, 4) is 0 Å². The highest BCUT2D eigenvalue weighted by Gasteiger charge is 2.30. The predicted octanol–water partition coefficient (Wildman–Crippen LogP) is 3.01. The van der Waals surface area contributed by atoms with E-state index in [1.807, 2.05) is 0 Å². The van der Waals surface area contributed by atoms with Gasteiger partial charge in [0.05, 0.1) is 0 Å². The summed E-state index contributed by atoms with van der Waals surface area (Å²) in [5.41, 5.74) is 1.09. The molecule has 1 N–H and O–H groups in total. The van der Waals surface area contributed by atoms with E-state index in [1.165, 1.54) is 12.1 Å². The van der Waals surface area contributed by atoms with E-state index in [-0.39, 0.29) is 35.9 Å². The number of hydrogen-bond acceptors (Lipinski definition) is 5. The summed E-state index contributed by atoms with van der Waals surface area (Å²) < 4.78 is 16.7. The molecule has 2 amide bonds. The second-order valence-electron chi connectivity index (χ2n) is 7.04. The number of aromatic nitrogens is 2. The summed E-state index contributed by atoms with van der Waals surface area (Å²) in [5.74, 6) is -0.161. The van der Waals surface area contributed by atoms with E-state index >= 15 is 0 Å². The predicted molar refractivity (Wildman–Crippen MR) is 101 cm³/mol. The smallest absolute Gasteiger partial charge is 0.276 e. The van der Waals surface area contributed by atoms with Gasteiger partial charge in [-0.25, -0.2) is 4.39 Å². The summed E-state index contributed by atoms with van der Waals surface area (Å²) >= 11 is 1.12. The van der Waals surface area contributed by atoms with Crippen LogP contribution in [0, 0.1) is 11.7 Å². The van der Waals surface area contributed by atoms with Crippen LogP contribution in [0.5, 0.6) is 0 Å². The first-order chi connectivity index (χ1) is 13.0. The Hall–Kier alpha value is -2.35. The van der Waals surface area contributed by atoms with Gasteiger partial charge in [0, 0.05) is 18.0 Å². The fourth-order valence-corrected chi connectivity index (χ4v) is 3.77. The van der Waals surface area contributed by atoms with Gasteiger partial charge < -0.3 is 10.2 Å². The first kappa shape index (κ1) is 19.4. The van der Waals surface area contributed by atoms with Gasteiger partial charge in [-0.15, -0.1) is 5.10 Å². The van der Waals surface area contributed by atoms with Gasteiger partial charge in [-0.2, -0.15) is 0 Å². The van der Waals surface area contributed by atoms with Crippen LogP contribution in [0.1, 0.15) is 48.7 Å². The Bertz CT molecular complexity index is 759. The fraction of sp³-hybridized carbons (Fsp3) is 0.474. The monoisotopic (exact) mass is 390 g/mol. The zero-order valence-electron chi connectivity index (χ0n) is 15.2. The third-order valence-corrected chi connectivity index (χ3v) is 5.49. The molecule has 0 radical (unpaired) electrons. The molecule has 144 valence electrons. The molecule has 1 aromatic carbocycles. The number of benzene rings is 1. The number of nitrogens with zero attached hydrogens (tertiary/aromatic N) is 3. The maximum absolute atomic E-state index is 13.0. The maximum Gasteiger partial charge on any atom is 0.276 e. The Morgan fingerprint density at radius 2 is 1.93 bits per heavy atom. The molecule has 0 bridgehead atoms. The van der Waals surface area contributed by atoms with Gasteiger partial charge in [0.25, 0.3) is 5.91 Å². The van der Waals surface area contributed by atoms with Crippen molar-refractivity contribution in [2.75, 3.05) is 6.54 Å². The molecule has 1 heterocycles. The molecule has 0 atom stereocenters. The summed E-state index contributed by atoms with van der Waals surface area (Å²) in [6, 6.07) is 6.00. The van der Waals surface area contributed by atoms with Crippen molar-refractivity contribution in [1.82, 2.24) is 19.8 Å². The molecule has 1 aliphatic rings. The van der Waals surface area contributed by atoms with E-state index in [9.17, 15) is 14.0 Å². The standard InChI is InChI=1S/C19H23FN4O2S/c1-13-2-8-16(9-3-13)24(19(26)17-12-27-23-22-17)11-18(25)21-10-14-4-6-15(20)7-5-14/h4-7,12-13,16H,2-3,8-11H2,1H3,(H,21,25). The molecule has 27 heavy (non-hydrogen) atoms. The lowest BCUT2D eigenvalue weighted by Crippen LogP contribution is -2.47. The van der Waals surface area contributed by atoms with Crippen LogP contribution < -0.4 is 5.32 Å². The van der Waals surface area contributed by atoms with Crippen LogP contribution in [-0.2, 0) is 11.3 Å². The molecule has 0 aliphatic heterocycles. The quantitative estimate of drug-likeness (QED) is 0.823. The SMILES string of the molecule is CC1CCC(N(CC(=O)NCc2ccc(F)cc2)C(=O)c2csnn2)CC1. The van der Waals surface area contributed by atoms with Crippen molar-refractivity contribution in [2.24, 2.45) is 5.92 Å². The van der Waals surface area contributed by atoms with Crippen molar-refractivity contribution in [2.45, 2.75) is 45.2 Å². The highest BCUT2D eigenvalue weighted by molar-refractivity contribution is 7.03. The van der Waals surface area contributed by atoms with Crippen molar-refractivity contribution < 1.29 is 14.0 Å². The average Bonchev–Trinajstić information content (AvgIpc) is 3.21.